The molecule has 0 aliphatic carbocycles. The Morgan fingerprint density at radius 1 is 0.923 bits per heavy atom. The molecule has 0 saturated heterocycles. The molecule has 0 aromatic heterocycles. The fraction of sp³-hybridized carbons (Fsp3) is 0.600. The van der Waals surface area contributed by atoms with E-state index in [1.165, 1.54) is 0 Å². The summed E-state index contributed by atoms with van der Waals surface area (Å²) in [4.78, 5) is 18.6. The highest BCUT2D eigenvalue weighted by Crippen LogP contribution is 1.66. The molecule has 0 heterocycles. The highest BCUT2D eigenvalue weighted by Gasteiger charge is 1.82. The van der Waals surface area contributed by atoms with Gasteiger partial charge >= 0.3 is 11.9 Å². The van der Waals surface area contributed by atoms with Crippen LogP contribution >= 0.6 is 37.9 Å². The highest BCUT2D eigenvalue weighted by molar-refractivity contribution is 7.81. The molecule has 0 unspecified atom stereocenters. The summed E-state index contributed by atoms with van der Waals surface area (Å²) in [7, 11) is 0. The number of carbonyl (C=O) groups is 2. The molecule has 0 aromatic rings. The zero-order valence-electron chi connectivity index (χ0n) is 6.62. The molecule has 0 fully saturated rings. The first-order valence-corrected chi connectivity index (χ1v) is 4.72. The predicted molar refractivity (Wildman–Crippen MR) is 59.0 cm³/mol. The van der Waals surface area contributed by atoms with Crippen LogP contribution in [0.25, 0.3) is 0 Å². The van der Waals surface area contributed by atoms with Crippen LogP contribution < -0.4 is 0 Å². The molecule has 80 valence electrons. The van der Waals surface area contributed by atoms with Crippen LogP contribution in [0.3, 0.4) is 0 Å². The van der Waals surface area contributed by atoms with Crippen LogP contribution in [0, 0.1) is 0 Å². The largest absolute Gasteiger partial charge is 0.481 e. The van der Waals surface area contributed by atoms with Crippen LogP contribution in [-0.2, 0) is 9.59 Å². The summed E-state index contributed by atoms with van der Waals surface area (Å²) in [6.07, 6.45) is 0. The molecule has 0 amide bonds. The molecule has 0 aromatic carbocycles. The summed E-state index contributed by atoms with van der Waals surface area (Å²) in [6, 6.07) is 0. The summed E-state index contributed by atoms with van der Waals surface area (Å²) in [5, 5.41) is 22.7. The van der Waals surface area contributed by atoms with Gasteiger partial charge in [-0.05, 0) is 0 Å². The predicted octanol–water partition coefficient (Wildman–Crippen LogP) is -0.132. The summed E-state index contributed by atoms with van der Waals surface area (Å²) in [6.45, 7) is 0. The molecule has 5 nitrogen and oxygen atoms in total. The van der Waals surface area contributed by atoms with Gasteiger partial charge in [-0.25, -0.2) is 0 Å². The monoisotopic (exact) mass is 248 g/mol. The molecular weight excluding hydrogens is 236 g/mol. The van der Waals surface area contributed by atoms with E-state index in [0.717, 1.165) is 0 Å². The van der Waals surface area contributed by atoms with Crippen molar-refractivity contribution in [3.8, 4) is 0 Å². The van der Waals surface area contributed by atoms with Crippen molar-refractivity contribution in [3.05, 3.63) is 0 Å². The van der Waals surface area contributed by atoms with Gasteiger partial charge in [0, 0.05) is 0 Å². The third-order valence-corrected chi connectivity index (χ3v) is 0.812. The zero-order valence-corrected chi connectivity index (χ0v) is 9.30. The molecule has 13 heavy (non-hydrogen) atoms. The maximum atomic E-state index is 9.29. The van der Waals surface area contributed by atoms with Crippen LogP contribution in [-0.4, -0.2) is 44.7 Å². The number of aliphatic hydroxyl groups is 1. The number of rotatable bonds is 2. The molecule has 0 spiro atoms. The molecule has 0 aliphatic rings. The van der Waals surface area contributed by atoms with E-state index in [0.29, 0.717) is 0 Å². The lowest BCUT2D eigenvalue weighted by atomic mass is 10.8. The van der Waals surface area contributed by atoms with Gasteiger partial charge in [0.05, 0.1) is 17.4 Å². The lowest BCUT2D eigenvalue weighted by molar-refractivity contribution is -0.134. The average Bonchev–Trinajstić information content (AvgIpc) is 2.07. The minimum atomic E-state index is -0.881. The fourth-order valence-corrected chi connectivity index (χ4v) is 0. The Balaban J connectivity index is -0.000000120. The van der Waals surface area contributed by atoms with Gasteiger partial charge < -0.3 is 15.3 Å². The van der Waals surface area contributed by atoms with Gasteiger partial charge in [-0.3, -0.25) is 9.59 Å². The van der Waals surface area contributed by atoms with Gasteiger partial charge in [0.25, 0.3) is 0 Å². The molecule has 0 bridgehead atoms. The number of thiol groups is 3. The molecule has 0 radical (unpaired) electrons. The Bertz CT molecular complexity index is 115. The molecule has 0 aliphatic heterocycles. The van der Waals surface area contributed by atoms with Gasteiger partial charge in [0.1, 0.15) is 0 Å². The molecule has 0 rings (SSSR count). The first-order chi connectivity index (χ1) is 5.95. The van der Waals surface area contributed by atoms with Gasteiger partial charge in [0.15, 0.2) is 0 Å². The van der Waals surface area contributed by atoms with E-state index in [1.54, 1.807) is 0 Å². The Kier molecular flexibility index (Phi) is 25.7. The first-order valence-electron chi connectivity index (χ1n) is 2.83. The smallest absolute Gasteiger partial charge is 0.313 e. The first kappa shape index (κ1) is 18.7. The Morgan fingerprint density at radius 2 is 1.00 bits per heavy atom. The lowest BCUT2D eigenvalue weighted by Crippen LogP contribution is -1.92. The molecule has 8 heteroatoms. The minimum Gasteiger partial charge on any atom is -0.481 e. The van der Waals surface area contributed by atoms with Gasteiger partial charge in [-0.2, -0.15) is 37.9 Å². The van der Waals surface area contributed by atoms with Crippen molar-refractivity contribution in [1.82, 2.24) is 0 Å². The van der Waals surface area contributed by atoms with Crippen molar-refractivity contribution in [2.24, 2.45) is 0 Å². The number of hydrogen-bond donors (Lipinski definition) is 6. The van der Waals surface area contributed by atoms with Crippen molar-refractivity contribution >= 4 is 49.8 Å². The number of carboxylic acid groups (broad SMARTS) is 2. The third-order valence-electron chi connectivity index (χ3n) is 0.271. The topological polar surface area (TPSA) is 94.8 Å². The van der Waals surface area contributed by atoms with Gasteiger partial charge in [0.2, 0.25) is 0 Å². The quantitative estimate of drug-likeness (QED) is 0.302. The third kappa shape index (κ3) is 75.8. The van der Waals surface area contributed by atoms with Crippen molar-refractivity contribution in [3.63, 3.8) is 0 Å². The van der Waals surface area contributed by atoms with Gasteiger partial charge in [-0.15, -0.1) is 0 Å². The Labute approximate surface area is 92.4 Å². The van der Waals surface area contributed by atoms with E-state index in [4.69, 9.17) is 15.3 Å². The van der Waals surface area contributed by atoms with E-state index in [-0.39, 0.29) is 17.4 Å². The number of aliphatic hydroxyl groups excluding tert-OH is 1. The Morgan fingerprint density at radius 3 is 1.00 bits per heavy atom. The maximum absolute atomic E-state index is 9.29. The summed E-state index contributed by atoms with van der Waals surface area (Å²) >= 11 is 10.2. The second-order valence-electron chi connectivity index (χ2n) is 1.25. The Hall–Kier alpha value is -0.0500. The van der Waals surface area contributed by atoms with E-state index in [1.807, 2.05) is 0 Å². The number of aliphatic carboxylic acids is 2. The zero-order chi connectivity index (χ0) is 11.3. The normalized spacial score (nSPS) is 7.08. The maximum Gasteiger partial charge on any atom is 0.313 e. The standard InChI is InChI=1S/2C2H4O2S.CH4OS/c2*3-2(4)1-5;2-1-3/h2*5H,1H2,(H,3,4);2-3H,1H2. The van der Waals surface area contributed by atoms with E-state index in [2.05, 4.69) is 37.9 Å². The molecule has 0 saturated carbocycles. The van der Waals surface area contributed by atoms with E-state index in [9.17, 15) is 9.59 Å². The fourth-order valence-electron chi connectivity index (χ4n) is 0. The summed E-state index contributed by atoms with van der Waals surface area (Å²) in [5.41, 5.74) is 0. The summed E-state index contributed by atoms with van der Waals surface area (Å²) < 4.78 is 0. The minimum absolute atomic E-state index is 0.0556. The van der Waals surface area contributed by atoms with Crippen molar-refractivity contribution in [2.75, 3.05) is 17.4 Å². The van der Waals surface area contributed by atoms with Crippen LogP contribution in [0.15, 0.2) is 0 Å². The second-order valence-corrected chi connectivity index (χ2v) is 2.16. The molecular formula is C5H12O5S3. The van der Waals surface area contributed by atoms with Crippen LogP contribution in [0.2, 0.25) is 0 Å². The van der Waals surface area contributed by atoms with Crippen molar-refractivity contribution < 1.29 is 24.9 Å². The van der Waals surface area contributed by atoms with Crippen molar-refractivity contribution in [1.29, 1.82) is 0 Å². The second kappa shape index (κ2) is 17.9. The average molecular weight is 248 g/mol. The molecule has 3 N–H and O–H groups in total. The van der Waals surface area contributed by atoms with Crippen LogP contribution in [0.4, 0.5) is 0 Å². The van der Waals surface area contributed by atoms with Crippen LogP contribution in [0.5, 0.6) is 0 Å². The van der Waals surface area contributed by atoms with E-state index < -0.39 is 11.9 Å². The number of carboxylic acids is 2. The van der Waals surface area contributed by atoms with E-state index >= 15 is 0 Å². The highest BCUT2D eigenvalue weighted by atomic mass is 32.1. The SMILES string of the molecule is O=C(O)CS.O=C(O)CS.OCS. The van der Waals surface area contributed by atoms with Crippen LogP contribution in [0.1, 0.15) is 0 Å². The number of hydrogen-bond acceptors (Lipinski definition) is 6. The lowest BCUT2D eigenvalue weighted by Gasteiger charge is -1.71. The van der Waals surface area contributed by atoms with Crippen molar-refractivity contribution in [2.45, 2.75) is 0 Å². The van der Waals surface area contributed by atoms with Gasteiger partial charge in [-0.1, -0.05) is 0 Å². The molecule has 0 atom stereocenters. The summed E-state index contributed by atoms with van der Waals surface area (Å²) in [5.74, 6) is -1.98.